The van der Waals surface area contributed by atoms with Gasteiger partial charge in [0.15, 0.2) is 0 Å². The van der Waals surface area contributed by atoms with Gasteiger partial charge in [0, 0.05) is 0 Å². The fourth-order valence-corrected chi connectivity index (χ4v) is 1.51. The lowest BCUT2D eigenvalue weighted by molar-refractivity contribution is 0.143. The second kappa shape index (κ2) is 5.77. The average Bonchev–Trinajstić information content (AvgIpc) is 2.39. The third-order valence-corrected chi connectivity index (χ3v) is 2.43. The summed E-state index contributed by atoms with van der Waals surface area (Å²) in [5, 5.41) is 9.63. The Morgan fingerprint density at radius 2 is 1.70 bits per heavy atom. The number of para-hydroxylation sites is 1. The van der Waals surface area contributed by atoms with E-state index in [0.29, 0.717) is 17.1 Å². The summed E-state index contributed by atoms with van der Waals surface area (Å²) in [6.45, 7) is 3.23. The van der Waals surface area contributed by atoms with Gasteiger partial charge >= 0.3 is 0 Å². The van der Waals surface area contributed by atoms with Crippen LogP contribution in [0.15, 0.2) is 48.5 Å². The van der Waals surface area contributed by atoms with Crippen molar-refractivity contribution < 1.29 is 14.2 Å². The summed E-state index contributed by atoms with van der Waals surface area (Å²) in [7, 11) is 0. The van der Waals surface area contributed by atoms with Crippen LogP contribution in [0.3, 0.4) is 0 Å². The molecule has 0 bridgehead atoms. The van der Waals surface area contributed by atoms with Crippen molar-refractivity contribution in [3.8, 4) is 23.3 Å². The molecular formula is C17H15FO2. The molecule has 2 aromatic rings. The first-order valence-electron chi connectivity index (χ1n) is 6.22. The molecular weight excluding hydrogens is 255 g/mol. The van der Waals surface area contributed by atoms with E-state index in [1.54, 1.807) is 38.1 Å². The molecule has 102 valence electrons. The number of benzene rings is 2. The molecule has 2 rings (SSSR count). The monoisotopic (exact) mass is 270 g/mol. The van der Waals surface area contributed by atoms with Crippen molar-refractivity contribution >= 4 is 0 Å². The molecule has 0 aliphatic carbocycles. The van der Waals surface area contributed by atoms with Gasteiger partial charge in [-0.05, 0) is 50.2 Å². The zero-order valence-electron chi connectivity index (χ0n) is 11.4. The van der Waals surface area contributed by atoms with Gasteiger partial charge in [-0.2, -0.15) is 0 Å². The maximum absolute atomic E-state index is 12.9. The Labute approximate surface area is 117 Å². The third-order valence-electron chi connectivity index (χ3n) is 2.43. The van der Waals surface area contributed by atoms with E-state index in [1.165, 1.54) is 12.1 Å². The van der Waals surface area contributed by atoms with E-state index < -0.39 is 5.60 Å². The van der Waals surface area contributed by atoms with E-state index in [-0.39, 0.29) is 5.82 Å². The van der Waals surface area contributed by atoms with Crippen LogP contribution in [0.1, 0.15) is 19.4 Å². The molecule has 0 spiro atoms. The molecule has 0 heterocycles. The molecule has 1 N–H and O–H groups in total. The normalized spacial score (nSPS) is 10.6. The van der Waals surface area contributed by atoms with Crippen molar-refractivity contribution in [1.82, 2.24) is 0 Å². The van der Waals surface area contributed by atoms with Gasteiger partial charge < -0.3 is 9.84 Å². The summed E-state index contributed by atoms with van der Waals surface area (Å²) >= 11 is 0. The van der Waals surface area contributed by atoms with Gasteiger partial charge in [-0.15, -0.1) is 0 Å². The minimum atomic E-state index is -1.07. The lowest BCUT2D eigenvalue weighted by Gasteiger charge is -2.09. The second-order valence-corrected chi connectivity index (χ2v) is 4.86. The van der Waals surface area contributed by atoms with Crippen molar-refractivity contribution in [3.05, 3.63) is 59.9 Å². The maximum atomic E-state index is 12.9. The first-order chi connectivity index (χ1) is 9.44. The highest BCUT2D eigenvalue weighted by atomic mass is 19.1. The molecule has 2 nitrogen and oxygen atoms in total. The highest BCUT2D eigenvalue weighted by Gasteiger charge is 2.07. The van der Waals surface area contributed by atoms with Crippen molar-refractivity contribution in [3.63, 3.8) is 0 Å². The molecule has 0 aliphatic heterocycles. The zero-order chi connectivity index (χ0) is 14.6. The van der Waals surface area contributed by atoms with Gasteiger partial charge in [-0.1, -0.05) is 24.0 Å². The largest absolute Gasteiger partial charge is 0.456 e. The van der Waals surface area contributed by atoms with E-state index in [2.05, 4.69) is 11.8 Å². The van der Waals surface area contributed by atoms with Crippen LogP contribution in [-0.2, 0) is 0 Å². The van der Waals surface area contributed by atoms with Crippen molar-refractivity contribution in [2.75, 3.05) is 0 Å². The zero-order valence-corrected chi connectivity index (χ0v) is 11.4. The summed E-state index contributed by atoms with van der Waals surface area (Å²) < 4.78 is 18.5. The summed E-state index contributed by atoms with van der Waals surface area (Å²) in [5.74, 6) is 6.41. The third kappa shape index (κ3) is 4.11. The number of aliphatic hydroxyl groups is 1. The molecule has 0 atom stereocenters. The van der Waals surface area contributed by atoms with Gasteiger partial charge in [-0.3, -0.25) is 0 Å². The summed E-state index contributed by atoms with van der Waals surface area (Å²) in [6.07, 6.45) is 0. The van der Waals surface area contributed by atoms with Gasteiger partial charge in [0.05, 0.1) is 5.56 Å². The van der Waals surface area contributed by atoms with Crippen LogP contribution in [0.4, 0.5) is 4.39 Å². The molecule has 0 aliphatic rings. The molecule has 20 heavy (non-hydrogen) atoms. The molecule has 0 radical (unpaired) electrons. The molecule has 3 heteroatoms. The Bertz CT molecular complexity index is 643. The summed E-state index contributed by atoms with van der Waals surface area (Å²) in [5.41, 5.74) is -0.401. The number of rotatable bonds is 2. The van der Waals surface area contributed by atoms with E-state index in [0.717, 1.165) is 0 Å². The number of ether oxygens (including phenoxy) is 1. The Kier molecular flexibility index (Phi) is 4.07. The van der Waals surface area contributed by atoms with Gasteiger partial charge in [0.2, 0.25) is 0 Å². The van der Waals surface area contributed by atoms with Crippen molar-refractivity contribution in [2.45, 2.75) is 19.4 Å². The first kappa shape index (κ1) is 14.1. The Morgan fingerprint density at radius 3 is 2.35 bits per heavy atom. The smallest absolute Gasteiger partial charge is 0.143 e. The van der Waals surface area contributed by atoms with E-state index in [1.807, 2.05) is 12.1 Å². The molecule has 0 aromatic heterocycles. The highest BCUT2D eigenvalue weighted by Crippen LogP contribution is 2.24. The fraction of sp³-hybridized carbons (Fsp3) is 0.176. The lowest BCUT2D eigenvalue weighted by atomic mass is 10.1. The SMILES string of the molecule is CC(C)(O)C#Cc1ccccc1Oc1ccc(F)cc1. The minimum absolute atomic E-state index is 0.313. The Hall–Kier alpha value is -2.31. The Morgan fingerprint density at radius 1 is 1.05 bits per heavy atom. The summed E-state index contributed by atoms with van der Waals surface area (Å²) in [6, 6.07) is 13.0. The van der Waals surface area contributed by atoms with Gasteiger partial charge in [0.25, 0.3) is 0 Å². The number of hydrogen-bond donors (Lipinski definition) is 1. The van der Waals surface area contributed by atoms with E-state index in [4.69, 9.17) is 4.74 Å². The van der Waals surface area contributed by atoms with Crippen LogP contribution < -0.4 is 4.74 Å². The lowest BCUT2D eigenvalue weighted by Crippen LogP contribution is -2.14. The predicted molar refractivity (Wildman–Crippen MR) is 76.1 cm³/mol. The van der Waals surface area contributed by atoms with Crippen LogP contribution in [-0.4, -0.2) is 10.7 Å². The van der Waals surface area contributed by atoms with Crippen LogP contribution in [0, 0.1) is 17.7 Å². The fourth-order valence-electron chi connectivity index (χ4n) is 1.51. The maximum Gasteiger partial charge on any atom is 0.143 e. The molecule has 0 saturated heterocycles. The highest BCUT2D eigenvalue weighted by molar-refractivity contribution is 5.48. The molecule has 2 aromatic carbocycles. The quantitative estimate of drug-likeness (QED) is 0.842. The van der Waals surface area contributed by atoms with Crippen molar-refractivity contribution in [1.29, 1.82) is 0 Å². The Balaban J connectivity index is 2.28. The molecule has 0 unspecified atom stereocenters. The summed E-state index contributed by atoms with van der Waals surface area (Å²) in [4.78, 5) is 0. The second-order valence-electron chi connectivity index (χ2n) is 4.86. The van der Waals surface area contributed by atoms with E-state index >= 15 is 0 Å². The van der Waals surface area contributed by atoms with Crippen LogP contribution in [0.5, 0.6) is 11.5 Å². The van der Waals surface area contributed by atoms with Crippen LogP contribution >= 0.6 is 0 Å². The number of hydrogen-bond acceptors (Lipinski definition) is 2. The van der Waals surface area contributed by atoms with Crippen LogP contribution in [0.2, 0.25) is 0 Å². The minimum Gasteiger partial charge on any atom is -0.456 e. The average molecular weight is 270 g/mol. The van der Waals surface area contributed by atoms with Gasteiger partial charge in [0.1, 0.15) is 22.9 Å². The predicted octanol–water partition coefficient (Wildman–Crippen LogP) is 3.74. The molecule has 0 saturated carbocycles. The topological polar surface area (TPSA) is 29.5 Å². The molecule has 0 amide bonds. The van der Waals surface area contributed by atoms with Crippen LogP contribution in [0.25, 0.3) is 0 Å². The first-order valence-corrected chi connectivity index (χ1v) is 6.22. The standard InChI is InChI=1S/C17H15FO2/c1-17(2,19)12-11-13-5-3-4-6-16(13)20-15-9-7-14(18)8-10-15/h3-10,19H,1-2H3. The molecule has 0 fully saturated rings. The van der Waals surface area contributed by atoms with Gasteiger partial charge in [-0.25, -0.2) is 4.39 Å². The van der Waals surface area contributed by atoms with Crippen molar-refractivity contribution in [2.24, 2.45) is 0 Å². The number of halogens is 1. The van der Waals surface area contributed by atoms with E-state index in [9.17, 15) is 9.50 Å².